The number of carbonyl (C=O) groups excluding carboxylic acids is 1. The minimum Gasteiger partial charge on any atom is -0.376 e. The Morgan fingerprint density at radius 1 is 1.54 bits per heavy atom. The highest BCUT2D eigenvalue weighted by Gasteiger charge is 2.59. The second-order valence-electron chi connectivity index (χ2n) is 5.96. The summed E-state index contributed by atoms with van der Waals surface area (Å²) in [6.07, 6.45) is -2.21. The normalized spacial score (nSPS) is 20.8. The van der Waals surface area contributed by atoms with Crippen molar-refractivity contribution in [1.29, 1.82) is 0 Å². The molecule has 0 bridgehead atoms. The van der Waals surface area contributed by atoms with Crippen molar-refractivity contribution >= 4 is 5.91 Å². The number of carbonyl (C=O) groups is 1. The quantitative estimate of drug-likeness (QED) is 0.847. The van der Waals surface area contributed by atoms with Crippen LogP contribution in [0.2, 0.25) is 0 Å². The average molecular weight is 349 g/mol. The van der Waals surface area contributed by atoms with Crippen molar-refractivity contribution in [2.24, 2.45) is 7.05 Å². The Labute approximate surface area is 138 Å². The average Bonchev–Trinajstić information content (AvgIpc) is 3.14. The zero-order valence-electron chi connectivity index (χ0n) is 13.7. The summed E-state index contributed by atoms with van der Waals surface area (Å²) in [6, 6.07) is 0. The number of hydrogen-bond acceptors (Lipinski definition) is 4. The van der Waals surface area contributed by atoms with E-state index in [1.54, 1.807) is 6.92 Å². The molecule has 1 N–H and O–H groups in total. The molecule has 9 heteroatoms. The van der Waals surface area contributed by atoms with Crippen LogP contribution in [0.5, 0.6) is 0 Å². The molecule has 2 atom stereocenters. The van der Waals surface area contributed by atoms with Gasteiger partial charge in [0.2, 0.25) is 11.5 Å². The molecular weight excluding hydrogens is 327 g/mol. The van der Waals surface area contributed by atoms with Crippen LogP contribution in [0, 0.1) is 0 Å². The minimum absolute atomic E-state index is 0.166. The molecule has 1 fully saturated rings. The Morgan fingerprint density at radius 3 is 2.71 bits per heavy atom. The lowest BCUT2D eigenvalue weighted by Crippen LogP contribution is -2.49. The van der Waals surface area contributed by atoms with Gasteiger partial charge in [-0.2, -0.15) is 13.2 Å². The predicted molar refractivity (Wildman–Crippen MR) is 79.0 cm³/mol. The number of ether oxygens (including phenoxy) is 1. The van der Waals surface area contributed by atoms with Crippen molar-refractivity contribution < 1.29 is 27.8 Å². The van der Waals surface area contributed by atoms with Crippen molar-refractivity contribution in [3.05, 3.63) is 18.2 Å². The van der Waals surface area contributed by atoms with Crippen LogP contribution < -0.4 is 0 Å². The van der Waals surface area contributed by atoms with Crippen LogP contribution in [0.1, 0.15) is 32.0 Å². The molecule has 2 heterocycles. The fraction of sp³-hybridized carbons (Fsp3) is 0.733. The van der Waals surface area contributed by atoms with E-state index in [1.807, 2.05) is 0 Å². The highest BCUT2D eigenvalue weighted by Crippen LogP contribution is 2.41. The molecule has 1 aromatic rings. The number of aryl methyl sites for hydroxylation is 1. The van der Waals surface area contributed by atoms with Gasteiger partial charge in [-0.25, -0.2) is 4.98 Å². The first kappa shape index (κ1) is 18.7. The van der Waals surface area contributed by atoms with E-state index in [0.29, 0.717) is 6.61 Å². The third-order valence-electron chi connectivity index (χ3n) is 4.25. The summed E-state index contributed by atoms with van der Waals surface area (Å²) in [5, 5.41) is 10.3. The van der Waals surface area contributed by atoms with Crippen LogP contribution in [0.25, 0.3) is 0 Å². The van der Waals surface area contributed by atoms with Gasteiger partial charge in [0.15, 0.2) is 5.82 Å². The Bertz CT molecular complexity index is 570. The Balaban J connectivity index is 2.19. The van der Waals surface area contributed by atoms with Crippen LogP contribution in [-0.2, 0) is 22.2 Å². The number of rotatable bonds is 6. The summed E-state index contributed by atoms with van der Waals surface area (Å²) in [5.74, 6) is -1.38. The van der Waals surface area contributed by atoms with E-state index >= 15 is 0 Å². The van der Waals surface area contributed by atoms with Gasteiger partial charge < -0.3 is 19.3 Å². The highest BCUT2D eigenvalue weighted by molar-refractivity contribution is 5.77. The molecule has 136 valence electrons. The van der Waals surface area contributed by atoms with E-state index in [2.05, 4.69) is 4.98 Å². The van der Waals surface area contributed by atoms with Crippen LogP contribution in [-0.4, -0.2) is 57.4 Å². The van der Waals surface area contributed by atoms with Gasteiger partial charge in [-0.15, -0.1) is 0 Å². The van der Waals surface area contributed by atoms with Gasteiger partial charge in [-0.3, -0.25) is 4.79 Å². The van der Waals surface area contributed by atoms with Gasteiger partial charge in [0.25, 0.3) is 0 Å². The Morgan fingerprint density at radius 2 is 2.25 bits per heavy atom. The number of halogens is 3. The molecule has 0 aromatic carbocycles. The van der Waals surface area contributed by atoms with E-state index < -0.39 is 29.9 Å². The lowest BCUT2D eigenvalue weighted by molar-refractivity contribution is -0.272. The van der Waals surface area contributed by atoms with Gasteiger partial charge in [-0.1, -0.05) is 0 Å². The lowest BCUT2D eigenvalue weighted by atomic mass is 9.96. The number of aromatic nitrogens is 2. The SMILES string of the molecule is CCN(CC1CCCO1)C(=O)CC(O)(c1nccn1C)C(F)(F)F. The highest BCUT2D eigenvalue weighted by atomic mass is 19.4. The molecule has 1 aromatic heterocycles. The molecule has 0 radical (unpaired) electrons. The fourth-order valence-electron chi connectivity index (χ4n) is 2.84. The van der Waals surface area contributed by atoms with E-state index in [0.717, 1.165) is 23.6 Å². The zero-order chi connectivity index (χ0) is 18.0. The molecule has 0 saturated carbocycles. The standard InChI is InChI=1S/C15H22F3N3O3/c1-3-21(10-11-5-4-8-24-11)12(22)9-14(23,15(16,17)18)13-19-6-7-20(13)2/h6-7,11,23H,3-5,8-10H2,1-2H3. The molecule has 1 aliphatic heterocycles. The van der Waals surface area contributed by atoms with Gasteiger partial charge in [-0.05, 0) is 19.8 Å². The molecule has 2 rings (SSSR count). The number of hydrogen-bond donors (Lipinski definition) is 1. The zero-order valence-corrected chi connectivity index (χ0v) is 13.7. The summed E-state index contributed by atoms with van der Waals surface area (Å²) < 4.78 is 46.9. The molecule has 2 unspecified atom stereocenters. The van der Waals surface area contributed by atoms with Crippen molar-refractivity contribution in [3.8, 4) is 0 Å². The fourth-order valence-corrected chi connectivity index (χ4v) is 2.84. The molecule has 1 amide bonds. The minimum atomic E-state index is -5.02. The van der Waals surface area contributed by atoms with Crippen molar-refractivity contribution in [3.63, 3.8) is 0 Å². The first-order valence-electron chi connectivity index (χ1n) is 7.85. The largest absolute Gasteiger partial charge is 0.425 e. The summed E-state index contributed by atoms with van der Waals surface area (Å²) in [4.78, 5) is 17.3. The molecule has 0 aliphatic carbocycles. The van der Waals surface area contributed by atoms with Crippen molar-refractivity contribution in [2.75, 3.05) is 19.7 Å². The second kappa shape index (κ2) is 7.10. The van der Waals surface area contributed by atoms with Gasteiger partial charge in [0.05, 0.1) is 12.5 Å². The van der Waals surface area contributed by atoms with E-state index in [-0.39, 0.29) is 19.2 Å². The predicted octanol–water partition coefficient (Wildman–Crippen LogP) is 1.59. The molecule has 1 saturated heterocycles. The molecule has 0 spiro atoms. The van der Waals surface area contributed by atoms with Crippen LogP contribution in [0.4, 0.5) is 13.2 Å². The van der Waals surface area contributed by atoms with Crippen molar-refractivity contribution in [2.45, 2.75) is 44.1 Å². The molecule has 1 aliphatic rings. The topological polar surface area (TPSA) is 67.6 Å². The summed E-state index contributed by atoms with van der Waals surface area (Å²) in [7, 11) is 1.34. The van der Waals surface area contributed by atoms with E-state index in [9.17, 15) is 23.1 Å². The lowest BCUT2D eigenvalue weighted by Gasteiger charge is -2.32. The molecule has 6 nitrogen and oxygen atoms in total. The first-order valence-corrected chi connectivity index (χ1v) is 7.85. The maximum Gasteiger partial charge on any atom is 0.425 e. The van der Waals surface area contributed by atoms with Crippen molar-refractivity contribution in [1.82, 2.24) is 14.5 Å². The summed E-state index contributed by atoms with van der Waals surface area (Å²) in [5.41, 5.74) is -3.33. The third kappa shape index (κ3) is 3.72. The van der Waals surface area contributed by atoms with Crippen LogP contribution in [0.15, 0.2) is 12.4 Å². The van der Waals surface area contributed by atoms with Gasteiger partial charge >= 0.3 is 6.18 Å². The molecule has 24 heavy (non-hydrogen) atoms. The Hall–Kier alpha value is -1.61. The second-order valence-corrected chi connectivity index (χ2v) is 5.96. The Kier molecular flexibility index (Phi) is 5.54. The monoisotopic (exact) mass is 349 g/mol. The maximum absolute atomic E-state index is 13.5. The number of aliphatic hydroxyl groups is 1. The first-order chi connectivity index (χ1) is 11.2. The van der Waals surface area contributed by atoms with Gasteiger partial charge in [0, 0.05) is 39.1 Å². The third-order valence-corrected chi connectivity index (χ3v) is 4.25. The smallest absolute Gasteiger partial charge is 0.376 e. The summed E-state index contributed by atoms with van der Waals surface area (Å²) in [6.45, 7) is 2.74. The molecular formula is C15H22F3N3O3. The van der Waals surface area contributed by atoms with E-state index in [1.165, 1.54) is 18.1 Å². The maximum atomic E-state index is 13.5. The number of imidazole rings is 1. The van der Waals surface area contributed by atoms with Gasteiger partial charge in [0.1, 0.15) is 0 Å². The number of likely N-dealkylation sites (N-methyl/N-ethyl adjacent to an activating group) is 1. The number of nitrogens with zero attached hydrogens (tertiary/aromatic N) is 3. The van der Waals surface area contributed by atoms with E-state index in [4.69, 9.17) is 4.74 Å². The van der Waals surface area contributed by atoms with Crippen LogP contribution >= 0.6 is 0 Å². The number of amides is 1. The summed E-state index contributed by atoms with van der Waals surface area (Å²) >= 11 is 0. The number of alkyl halides is 3. The van der Waals surface area contributed by atoms with Crippen LogP contribution in [0.3, 0.4) is 0 Å².